The molecule has 0 bridgehead atoms. The molecule has 2 N–H and O–H groups in total. The quantitative estimate of drug-likeness (QED) is 0.901. The summed E-state index contributed by atoms with van der Waals surface area (Å²) in [5.41, 5.74) is 1.81. The summed E-state index contributed by atoms with van der Waals surface area (Å²) in [5.74, 6) is 0.788. The lowest BCUT2D eigenvalue weighted by Crippen LogP contribution is -2.38. The summed E-state index contributed by atoms with van der Waals surface area (Å²) >= 11 is 0. The smallest absolute Gasteiger partial charge is 0.119 e. The zero-order valence-corrected chi connectivity index (χ0v) is 11.7. The molecule has 1 aliphatic rings. The zero-order chi connectivity index (χ0) is 13.9. The number of ether oxygens (including phenoxy) is 1. The van der Waals surface area contributed by atoms with Crippen molar-refractivity contribution in [3.63, 3.8) is 0 Å². The number of benzene rings is 1. The van der Waals surface area contributed by atoms with Gasteiger partial charge in [-0.1, -0.05) is 6.42 Å². The first kappa shape index (κ1) is 13.3. The van der Waals surface area contributed by atoms with Gasteiger partial charge in [0, 0.05) is 17.6 Å². The SMILES string of the molecule is COc1ccc2nccc([C@H](O)[C@H]3CCCCN3)c2c1. The van der Waals surface area contributed by atoms with Crippen LogP contribution in [0.4, 0.5) is 0 Å². The Morgan fingerprint density at radius 2 is 2.25 bits per heavy atom. The van der Waals surface area contributed by atoms with E-state index >= 15 is 0 Å². The predicted molar refractivity (Wildman–Crippen MR) is 78.9 cm³/mol. The average Bonchev–Trinajstić information content (AvgIpc) is 2.54. The van der Waals surface area contributed by atoms with Gasteiger partial charge in [-0.15, -0.1) is 0 Å². The lowest BCUT2D eigenvalue weighted by atomic mass is 9.93. The lowest BCUT2D eigenvalue weighted by Gasteiger charge is -2.28. The number of aliphatic hydroxyl groups is 1. The molecule has 4 heteroatoms. The molecule has 3 rings (SSSR count). The molecule has 106 valence electrons. The second kappa shape index (κ2) is 5.77. The molecular formula is C16H20N2O2. The van der Waals surface area contributed by atoms with E-state index in [1.54, 1.807) is 13.3 Å². The third kappa shape index (κ3) is 2.49. The second-order valence-corrected chi connectivity index (χ2v) is 5.28. The molecule has 20 heavy (non-hydrogen) atoms. The minimum absolute atomic E-state index is 0.126. The molecule has 0 unspecified atom stereocenters. The molecule has 0 radical (unpaired) electrons. The van der Waals surface area contributed by atoms with E-state index in [9.17, 15) is 5.11 Å². The highest BCUT2D eigenvalue weighted by molar-refractivity contribution is 5.83. The molecule has 2 atom stereocenters. The van der Waals surface area contributed by atoms with Crippen LogP contribution in [0.15, 0.2) is 30.5 Å². The highest BCUT2D eigenvalue weighted by Gasteiger charge is 2.24. The fraction of sp³-hybridized carbons (Fsp3) is 0.438. The molecular weight excluding hydrogens is 252 g/mol. The Labute approximate surface area is 118 Å². The van der Waals surface area contributed by atoms with Crippen LogP contribution in [0.1, 0.15) is 30.9 Å². The summed E-state index contributed by atoms with van der Waals surface area (Å²) in [6, 6.07) is 7.80. The fourth-order valence-electron chi connectivity index (χ4n) is 2.90. The summed E-state index contributed by atoms with van der Waals surface area (Å²) in [6.45, 7) is 0.980. The van der Waals surface area contributed by atoms with Crippen molar-refractivity contribution in [2.75, 3.05) is 13.7 Å². The van der Waals surface area contributed by atoms with Crippen molar-refractivity contribution in [3.05, 3.63) is 36.0 Å². The van der Waals surface area contributed by atoms with Crippen LogP contribution < -0.4 is 10.1 Å². The van der Waals surface area contributed by atoms with Crippen LogP contribution in [0.5, 0.6) is 5.75 Å². The fourth-order valence-corrected chi connectivity index (χ4v) is 2.90. The molecule has 0 aliphatic carbocycles. The number of hydrogen-bond donors (Lipinski definition) is 2. The van der Waals surface area contributed by atoms with E-state index in [0.29, 0.717) is 0 Å². The number of aliphatic hydroxyl groups excluding tert-OH is 1. The number of hydrogen-bond acceptors (Lipinski definition) is 4. The Morgan fingerprint density at radius 3 is 3.00 bits per heavy atom. The summed E-state index contributed by atoms with van der Waals surface area (Å²) in [7, 11) is 1.65. The Bertz CT molecular complexity index is 594. The third-order valence-corrected chi connectivity index (χ3v) is 4.03. The molecule has 0 amide bonds. The maximum Gasteiger partial charge on any atom is 0.119 e. The molecule has 0 spiro atoms. The predicted octanol–water partition coefficient (Wildman–Crippen LogP) is 2.42. The van der Waals surface area contributed by atoms with Crippen LogP contribution in [-0.2, 0) is 0 Å². The maximum absolute atomic E-state index is 10.7. The van der Waals surface area contributed by atoms with Crippen LogP contribution in [0.3, 0.4) is 0 Å². The first-order chi connectivity index (χ1) is 9.79. The van der Waals surface area contributed by atoms with Crippen LogP contribution in [0.2, 0.25) is 0 Å². The van der Waals surface area contributed by atoms with Gasteiger partial charge in [0.05, 0.1) is 18.7 Å². The van der Waals surface area contributed by atoms with Crippen LogP contribution in [0, 0.1) is 0 Å². The minimum Gasteiger partial charge on any atom is -0.497 e. The lowest BCUT2D eigenvalue weighted by molar-refractivity contribution is 0.115. The van der Waals surface area contributed by atoms with E-state index in [0.717, 1.165) is 35.2 Å². The summed E-state index contributed by atoms with van der Waals surface area (Å²) in [4.78, 5) is 4.36. The third-order valence-electron chi connectivity index (χ3n) is 4.03. The molecule has 2 aromatic rings. The highest BCUT2D eigenvalue weighted by Crippen LogP contribution is 2.30. The molecule has 1 aromatic heterocycles. The molecule has 1 fully saturated rings. The number of nitrogens with zero attached hydrogens (tertiary/aromatic N) is 1. The summed E-state index contributed by atoms with van der Waals surface area (Å²) in [5, 5.41) is 15.0. The van der Waals surface area contributed by atoms with E-state index in [1.165, 1.54) is 12.8 Å². The van der Waals surface area contributed by atoms with E-state index in [-0.39, 0.29) is 6.04 Å². The Morgan fingerprint density at radius 1 is 1.35 bits per heavy atom. The van der Waals surface area contributed by atoms with Gasteiger partial charge in [-0.2, -0.15) is 0 Å². The summed E-state index contributed by atoms with van der Waals surface area (Å²) < 4.78 is 5.28. The van der Waals surface area contributed by atoms with Crippen molar-refractivity contribution in [1.82, 2.24) is 10.3 Å². The second-order valence-electron chi connectivity index (χ2n) is 5.28. The first-order valence-corrected chi connectivity index (χ1v) is 7.13. The molecule has 0 saturated carbocycles. The van der Waals surface area contributed by atoms with Crippen molar-refractivity contribution in [2.24, 2.45) is 0 Å². The minimum atomic E-state index is -0.507. The first-order valence-electron chi connectivity index (χ1n) is 7.13. The van der Waals surface area contributed by atoms with E-state index < -0.39 is 6.10 Å². The van der Waals surface area contributed by atoms with Gasteiger partial charge in [0.25, 0.3) is 0 Å². The maximum atomic E-state index is 10.7. The number of nitrogens with one attached hydrogen (secondary N) is 1. The number of methoxy groups -OCH3 is 1. The van der Waals surface area contributed by atoms with Gasteiger partial charge in [0.1, 0.15) is 5.75 Å². The van der Waals surface area contributed by atoms with Gasteiger partial charge in [0.15, 0.2) is 0 Å². The molecule has 1 aromatic carbocycles. The van der Waals surface area contributed by atoms with E-state index in [1.807, 2.05) is 24.3 Å². The highest BCUT2D eigenvalue weighted by atomic mass is 16.5. The molecule has 1 aliphatic heterocycles. The normalized spacial score (nSPS) is 20.8. The van der Waals surface area contributed by atoms with Gasteiger partial charge in [-0.05, 0) is 49.2 Å². The largest absolute Gasteiger partial charge is 0.497 e. The van der Waals surface area contributed by atoms with Gasteiger partial charge in [-0.25, -0.2) is 0 Å². The van der Waals surface area contributed by atoms with Gasteiger partial charge in [0.2, 0.25) is 0 Å². The number of fused-ring (bicyclic) bond motifs is 1. The Kier molecular flexibility index (Phi) is 3.85. The van der Waals surface area contributed by atoms with Crippen LogP contribution in [0.25, 0.3) is 10.9 Å². The zero-order valence-electron chi connectivity index (χ0n) is 11.7. The van der Waals surface area contributed by atoms with Crippen molar-refractivity contribution in [2.45, 2.75) is 31.4 Å². The van der Waals surface area contributed by atoms with Crippen LogP contribution in [-0.4, -0.2) is 29.8 Å². The van der Waals surface area contributed by atoms with Crippen LogP contribution >= 0.6 is 0 Å². The van der Waals surface area contributed by atoms with Gasteiger partial charge >= 0.3 is 0 Å². The number of rotatable bonds is 3. The van der Waals surface area contributed by atoms with E-state index in [4.69, 9.17) is 4.74 Å². The topological polar surface area (TPSA) is 54.4 Å². The monoisotopic (exact) mass is 272 g/mol. The Balaban J connectivity index is 2.00. The average molecular weight is 272 g/mol. The van der Waals surface area contributed by atoms with Crippen molar-refractivity contribution >= 4 is 10.9 Å². The number of pyridine rings is 1. The standard InChI is InChI=1S/C16H20N2O2/c1-20-11-5-6-14-13(10-11)12(7-9-18-14)16(19)15-4-2-3-8-17-15/h5-7,9-10,15-17,19H,2-4,8H2,1H3/t15-,16+/m1/s1. The molecule has 1 saturated heterocycles. The van der Waals surface area contributed by atoms with Gasteiger partial charge < -0.3 is 15.2 Å². The number of piperidine rings is 1. The van der Waals surface area contributed by atoms with Crippen molar-refractivity contribution < 1.29 is 9.84 Å². The van der Waals surface area contributed by atoms with E-state index in [2.05, 4.69) is 10.3 Å². The van der Waals surface area contributed by atoms with Crippen molar-refractivity contribution in [1.29, 1.82) is 0 Å². The van der Waals surface area contributed by atoms with Crippen molar-refractivity contribution in [3.8, 4) is 5.75 Å². The number of aromatic nitrogens is 1. The molecule has 4 nitrogen and oxygen atoms in total. The van der Waals surface area contributed by atoms with Gasteiger partial charge in [-0.3, -0.25) is 4.98 Å². The summed E-state index contributed by atoms with van der Waals surface area (Å²) in [6.07, 6.45) is 4.62. The molecule has 2 heterocycles. The Hall–Kier alpha value is -1.65.